The molecule has 1 aliphatic carbocycles. The summed E-state index contributed by atoms with van der Waals surface area (Å²) in [6.07, 6.45) is 4.01. The van der Waals surface area contributed by atoms with Gasteiger partial charge < -0.3 is 5.32 Å². The zero-order valence-corrected chi connectivity index (χ0v) is 12.0. The molecule has 1 aromatic rings. The zero-order valence-electron chi connectivity index (χ0n) is 11.1. The van der Waals surface area contributed by atoms with Crippen molar-refractivity contribution >= 4 is 11.3 Å². The molecule has 1 N–H and O–H groups in total. The van der Waals surface area contributed by atoms with Gasteiger partial charge in [-0.25, -0.2) is 0 Å². The molecule has 0 aromatic carbocycles. The fourth-order valence-corrected chi connectivity index (χ4v) is 2.93. The minimum absolute atomic E-state index is 0.533. The van der Waals surface area contributed by atoms with E-state index in [1.54, 1.807) is 0 Å². The highest BCUT2D eigenvalue weighted by Crippen LogP contribution is 2.25. The van der Waals surface area contributed by atoms with Crippen LogP contribution in [-0.4, -0.2) is 30.6 Å². The molecule has 0 amide bonds. The van der Waals surface area contributed by atoms with Gasteiger partial charge in [-0.1, -0.05) is 6.07 Å². The van der Waals surface area contributed by atoms with Gasteiger partial charge in [-0.2, -0.15) is 0 Å². The number of hydrogen-bond acceptors (Lipinski definition) is 3. The van der Waals surface area contributed by atoms with Gasteiger partial charge in [0.1, 0.15) is 0 Å². The summed E-state index contributed by atoms with van der Waals surface area (Å²) in [6.45, 7) is 5.79. The maximum absolute atomic E-state index is 3.59. The van der Waals surface area contributed by atoms with Crippen LogP contribution in [0.1, 0.15) is 44.0 Å². The van der Waals surface area contributed by atoms with Gasteiger partial charge in [-0.05, 0) is 58.1 Å². The van der Waals surface area contributed by atoms with E-state index in [2.05, 4.69) is 48.6 Å². The van der Waals surface area contributed by atoms with Crippen molar-refractivity contribution in [2.45, 2.75) is 51.2 Å². The first-order chi connectivity index (χ1) is 8.18. The molecule has 2 unspecified atom stereocenters. The third kappa shape index (κ3) is 3.80. The van der Waals surface area contributed by atoms with Gasteiger partial charge >= 0.3 is 0 Å². The van der Waals surface area contributed by atoms with E-state index in [1.807, 2.05) is 11.3 Å². The van der Waals surface area contributed by atoms with Crippen LogP contribution in [0.4, 0.5) is 0 Å². The summed E-state index contributed by atoms with van der Waals surface area (Å²) in [5.74, 6) is 0. The van der Waals surface area contributed by atoms with Crippen molar-refractivity contribution in [3.8, 4) is 0 Å². The first-order valence-electron chi connectivity index (χ1n) is 6.67. The Morgan fingerprint density at radius 1 is 1.47 bits per heavy atom. The lowest BCUT2D eigenvalue weighted by Gasteiger charge is -2.30. The number of nitrogens with one attached hydrogen (secondary N) is 1. The van der Waals surface area contributed by atoms with E-state index in [0.29, 0.717) is 12.1 Å². The number of rotatable bonds is 7. The Bertz CT molecular complexity index is 319. The molecule has 0 bridgehead atoms. The highest BCUT2D eigenvalue weighted by atomic mass is 32.1. The molecule has 2 rings (SSSR count). The molecule has 0 saturated heterocycles. The monoisotopic (exact) mass is 252 g/mol. The van der Waals surface area contributed by atoms with Gasteiger partial charge in [0.05, 0.1) is 0 Å². The van der Waals surface area contributed by atoms with Crippen LogP contribution in [0.5, 0.6) is 0 Å². The van der Waals surface area contributed by atoms with Gasteiger partial charge in [0.15, 0.2) is 0 Å². The van der Waals surface area contributed by atoms with Crippen LogP contribution in [0.2, 0.25) is 0 Å². The minimum Gasteiger partial charge on any atom is -0.314 e. The molecule has 0 radical (unpaired) electrons. The molecule has 2 atom stereocenters. The molecule has 0 aliphatic heterocycles. The van der Waals surface area contributed by atoms with Crippen LogP contribution in [0.3, 0.4) is 0 Å². The first kappa shape index (κ1) is 13.1. The SMILES string of the molecule is CC(CCNC1CC1)N(C)C(C)c1cccs1. The van der Waals surface area contributed by atoms with Crippen LogP contribution >= 0.6 is 11.3 Å². The highest BCUT2D eigenvalue weighted by Gasteiger charge is 2.21. The summed E-state index contributed by atoms with van der Waals surface area (Å²) in [6, 6.07) is 6.39. The maximum Gasteiger partial charge on any atom is 0.0413 e. The van der Waals surface area contributed by atoms with Crippen molar-refractivity contribution in [3.63, 3.8) is 0 Å². The van der Waals surface area contributed by atoms with Crippen molar-refractivity contribution in [2.24, 2.45) is 0 Å². The van der Waals surface area contributed by atoms with Gasteiger partial charge in [-0.15, -0.1) is 11.3 Å². The molecule has 0 spiro atoms. The molecule has 17 heavy (non-hydrogen) atoms. The Labute approximate surface area is 109 Å². The quantitative estimate of drug-likeness (QED) is 0.801. The Kier molecular flexibility index (Phi) is 4.60. The summed E-state index contributed by atoms with van der Waals surface area (Å²) < 4.78 is 0. The van der Waals surface area contributed by atoms with E-state index in [-0.39, 0.29) is 0 Å². The maximum atomic E-state index is 3.59. The Morgan fingerprint density at radius 3 is 2.82 bits per heavy atom. The van der Waals surface area contributed by atoms with Crippen molar-refractivity contribution in [3.05, 3.63) is 22.4 Å². The Morgan fingerprint density at radius 2 is 2.24 bits per heavy atom. The zero-order chi connectivity index (χ0) is 12.3. The molecule has 1 aromatic heterocycles. The molecule has 1 saturated carbocycles. The van der Waals surface area contributed by atoms with E-state index in [4.69, 9.17) is 0 Å². The number of thiophene rings is 1. The smallest absolute Gasteiger partial charge is 0.0413 e. The van der Waals surface area contributed by atoms with Crippen molar-refractivity contribution in [1.82, 2.24) is 10.2 Å². The van der Waals surface area contributed by atoms with Crippen LogP contribution in [-0.2, 0) is 0 Å². The second kappa shape index (κ2) is 5.98. The minimum atomic E-state index is 0.533. The van der Waals surface area contributed by atoms with Crippen LogP contribution in [0.15, 0.2) is 17.5 Å². The van der Waals surface area contributed by atoms with E-state index in [0.717, 1.165) is 12.6 Å². The normalized spacial score (nSPS) is 19.5. The molecule has 1 fully saturated rings. The van der Waals surface area contributed by atoms with Gasteiger partial charge in [0.25, 0.3) is 0 Å². The first-order valence-corrected chi connectivity index (χ1v) is 7.55. The Balaban J connectivity index is 1.74. The number of nitrogens with zero attached hydrogens (tertiary/aromatic N) is 1. The van der Waals surface area contributed by atoms with Crippen molar-refractivity contribution in [1.29, 1.82) is 0 Å². The van der Waals surface area contributed by atoms with Crippen molar-refractivity contribution < 1.29 is 0 Å². The lowest BCUT2D eigenvalue weighted by atomic mass is 10.1. The lowest BCUT2D eigenvalue weighted by molar-refractivity contribution is 0.190. The summed E-state index contributed by atoms with van der Waals surface area (Å²) >= 11 is 1.86. The fraction of sp³-hybridized carbons (Fsp3) is 0.714. The third-order valence-corrected chi connectivity index (χ3v) is 4.88. The van der Waals surface area contributed by atoms with Crippen LogP contribution in [0, 0.1) is 0 Å². The molecule has 96 valence electrons. The predicted molar refractivity (Wildman–Crippen MR) is 75.6 cm³/mol. The molecule has 3 heteroatoms. The summed E-state index contributed by atoms with van der Waals surface area (Å²) in [5.41, 5.74) is 0. The molecular formula is C14H24N2S. The average molecular weight is 252 g/mol. The molecule has 2 nitrogen and oxygen atoms in total. The van der Waals surface area contributed by atoms with Crippen molar-refractivity contribution in [2.75, 3.05) is 13.6 Å². The van der Waals surface area contributed by atoms with E-state index < -0.39 is 0 Å². The van der Waals surface area contributed by atoms with Crippen LogP contribution < -0.4 is 5.32 Å². The van der Waals surface area contributed by atoms with Gasteiger partial charge in [0, 0.05) is 23.0 Å². The summed E-state index contributed by atoms with van der Waals surface area (Å²) in [7, 11) is 2.24. The summed E-state index contributed by atoms with van der Waals surface area (Å²) in [4.78, 5) is 3.95. The van der Waals surface area contributed by atoms with Gasteiger partial charge in [-0.3, -0.25) is 4.90 Å². The Hall–Kier alpha value is -0.380. The lowest BCUT2D eigenvalue weighted by Crippen LogP contribution is -2.34. The largest absolute Gasteiger partial charge is 0.314 e. The summed E-state index contributed by atoms with van der Waals surface area (Å²) in [5, 5.41) is 5.76. The fourth-order valence-electron chi connectivity index (χ4n) is 2.10. The number of hydrogen-bond donors (Lipinski definition) is 1. The standard InChI is InChI=1S/C14H24N2S/c1-11(8-9-15-13-6-7-13)16(3)12(2)14-5-4-10-17-14/h4-5,10-13,15H,6-9H2,1-3H3. The highest BCUT2D eigenvalue weighted by molar-refractivity contribution is 7.10. The predicted octanol–water partition coefficient (Wildman–Crippen LogP) is 3.27. The molecular weight excluding hydrogens is 228 g/mol. The second-order valence-corrected chi connectivity index (χ2v) is 6.20. The molecule has 1 heterocycles. The van der Waals surface area contributed by atoms with Crippen LogP contribution in [0.25, 0.3) is 0 Å². The van der Waals surface area contributed by atoms with E-state index in [9.17, 15) is 0 Å². The average Bonchev–Trinajstić information content (AvgIpc) is 2.98. The van der Waals surface area contributed by atoms with E-state index >= 15 is 0 Å². The second-order valence-electron chi connectivity index (χ2n) is 5.22. The van der Waals surface area contributed by atoms with E-state index in [1.165, 1.54) is 24.1 Å². The third-order valence-electron chi connectivity index (χ3n) is 3.83. The topological polar surface area (TPSA) is 15.3 Å². The molecule has 1 aliphatic rings. The van der Waals surface area contributed by atoms with Gasteiger partial charge in [0.2, 0.25) is 0 Å².